The number of amides is 2. The standard InChI is InChI=1S/C20H29N3O2/c1-2-12-23-13-9-17(10-14-23)22-19(24)21-15-20(25)11-5-7-16-6-3-4-8-18(16)20/h2-4,6,8,17,25H,1,5,7,9-15H2,(H2,21,22,24). The number of carbonyl (C=O) groups excluding carboxylic acids is 1. The van der Waals surface area contributed by atoms with Crippen LogP contribution < -0.4 is 10.6 Å². The molecule has 5 heteroatoms. The van der Waals surface area contributed by atoms with Crippen molar-refractivity contribution in [3.63, 3.8) is 0 Å². The molecule has 3 rings (SSSR count). The second kappa shape index (κ2) is 8.02. The monoisotopic (exact) mass is 343 g/mol. The molecule has 136 valence electrons. The summed E-state index contributed by atoms with van der Waals surface area (Å²) >= 11 is 0. The van der Waals surface area contributed by atoms with Gasteiger partial charge in [0.2, 0.25) is 0 Å². The summed E-state index contributed by atoms with van der Waals surface area (Å²) in [6, 6.07) is 8.02. The van der Waals surface area contributed by atoms with Gasteiger partial charge in [-0.1, -0.05) is 30.3 Å². The van der Waals surface area contributed by atoms with Crippen LogP contribution in [0.15, 0.2) is 36.9 Å². The van der Waals surface area contributed by atoms with Gasteiger partial charge in [-0.15, -0.1) is 6.58 Å². The molecule has 1 fully saturated rings. The van der Waals surface area contributed by atoms with Crippen molar-refractivity contribution < 1.29 is 9.90 Å². The Hall–Kier alpha value is -1.85. The lowest BCUT2D eigenvalue weighted by atomic mass is 9.79. The molecule has 25 heavy (non-hydrogen) atoms. The predicted octanol–water partition coefficient (Wildman–Crippen LogP) is 2.16. The number of hydrogen-bond acceptors (Lipinski definition) is 3. The number of urea groups is 1. The second-order valence-electron chi connectivity index (χ2n) is 7.23. The third-order valence-corrected chi connectivity index (χ3v) is 5.41. The molecule has 2 aliphatic rings. The van der Waals surface area contributed by atoms with Crippen molar-refractivity contribution in [3.05, 3.63) is 48.0 Å². The first-order valence-electron chi connectivity index (χ1n) is 9.29. The van der Waals surface area contributed by atoms with E-state index in [1.807, 2.05) is 24.3 Å². The Labute approximate surface area is 150 Å². The van der Waals surface area contributed by atoms with Crippen molar-refractivity contribution in [2.45, 2.75) is 43.7 Å². The molecule has 2 amide bonds. The van der Waals surface area contributed by atoms with E-state index in [9.17, 15) is 9.90 Å². The molecule has 0 aromatic heterocycles. The molecule has 1 aliphatic heterocycles. The Morgan fingerprint density at radius 1 is 1.36 bits per heavy atom. The molecule has 3 N–H and O–H groups in total. The van der Waals surface area contributed by atoms with E-state index in [2.05, 4.69) is 28.2 Å². The Morgan fingerprint density at radius 2 is 2.12 bits per heavy atom. The van der Waals surface area contributed by atoms with Gasteiger partial charge in [0.25, 0.3) is 0 Å². The molecule has 0 spiro atoms. The van der Waals surface area contributed by atoms with Crippen LogP contribution in [0.1, 0.15) is 36.8 Å². The number of piperidine rings is 1. The largest absolute Gasteiger partial charge is 0.383 e. The van der Waals surface area contributed by atoms with Gasteiger partial charge in [0, 0.05) is 25.7 Å². The van der Waals surface area contributed by atoms with Gasteiger partial charge >= 0.3 is 6.03 Å². The molecular weight excluding hydrogens is 314 g/mol. The first-order chi connectivity index (χ1) is 12.1. The van der Waals surface area contributed by atoms with E-state index >= 15 is 0 Å². The van der Waals surface area contributed by atoms with E-state index < -0.39 is 5.60 Å². The van der Waals surface area contributed by atoms with Crippen LogP contribution >= 0.6 is 0 Å². The normalized spacial score (nSPS) is 24.4. The van der Waals surface area contributed by atoms with Crippen LogP contribution in [0.4, 0.5) is 4.79 Å². The lowest BCUT2D eigenvalue weighted by molar-refractivity contribution is 0.0215. The summed E-state index contributed by atoms with van der Waals surface area (Å²) in [7, 11) is 0. The number of aliphatic hydroxyl groups is 1. The van der Waals surface area contributed by atoms with Crippen molar-refractivity contribution in [3.8, 4) is 0 Å². The van der Waals surface area contributed by atoms with Gasteiger partial charge in [-0.05, 0) is 43.2 Å². The minimum absolute atomic E-state index is 0.182. The zero-order valence-corrected chi connectivity index (χ0v) is 14.8. The highest BCUT2D eigenvalue weighted by atomic mass is 16.3. The molecule has 5 nitrogen and oxygen atoms in total. The van der Waals surface area contributed by atoms with Crippen molar-refractivity contribution in [2.24, 2.45) is 0 Å². The average Bonchev–Trinajstić information content (AvgIpc) is 2.63. The number of hydrogen-bond donors (Lipinski definition) is 3. The first kappa shape index (κ1) is 18.0. The van der Waals surface area contributed by atoms with Crippen LogP contribution in [-0.2, 0) is 12.0 Å². The van der Waals surface area contributed by atoms with Gasteiger partial charge < -0.3 is 15.7 Å². The number of nitrogens with one attached hydrogen (secondary N) is 2. The third kappa shape index (κ3) is 4.41. The lowest BCUT2D eigenvalue weighted by Crippen LogP contribution is -2.51. The molecular formula is C20H29N3O2. The van der Waals surface area contributed by atoms with Crippen molar-refractivity contribution in [1.82, 2.24) is 15.5 Å². The fourth-order valence-corrected chi connectivity index (χ4v) is 3.99. The molecule has 1 aromatic rings. The van der Waals surface area contributed by atoms with Crippen molar-refractivity contribution in [2.75, 3.05) is 26.2 Å². The number of likely N-dealkylation sites (tertiary alicyclic amines) is 1. The van der Waals surface area contributed by atoms with Gasteiger partial charge in [-0.3, -0.25) is 4.90 Å². The topological polar surface area (TPSA) is 64.6 Å². The average molecular weight is 343 g/mol. The predicted molar refractivity (Wildman–Crippen MR) is 99.5 cm³/mol. The Balaban J connectivity index is 1.49. The molecule has 0 radical (unpaired) electrons. The van der Waals surface area contributed by atoms with Crippen molar-refractivity contribution in [1.29, 1.82) is 0 Å². The Bertz CT molecular complexity index is 611. The number of rotatable bonds is 5. The van der Waals surface area contributed by atoms with Crippen LogP contribution in [0, 0.1) is 0 Å². The maximum absolute atomic E-state index is 12.3. The number of benzene rings is 1. The van der Waals surface area contributed by atoms with E-state index in [0.717, 1.165) is 50.9 Å². The third-order valence-electron chi connectivity index (χ3n) is 5.41. The minimum atomic E-state index is -0.959. The number of aryl methyl sites for hydroxylation is 1. The fraction of sp³-hybridized carbons (Fsp3) is 0.550. The molecule has 0 saturated carbocycles. The molecule has 1 heterocycles. The highest BCUT2D eigenvalue weighted by molar-refractivity contribution is 5.74. The Morgan fingerprint density at radius 3 is 2.88 bits per heavy atom. The summed E-state index contributed by atoms with van der Waals surface area (Å²) in [5, 5.41) is 16.9. The smallest absolute Gasteiger partial charge is 0.315 e. The summed E-state index contributed by atoms with van der Waals surface area (Å²) < 4.78 is 0. The first-order valence-corrected chi connectivity index (χ1v) is 9.29. The highest BCUT2D eigenvalue weighted by Gasteiger charge is 2.34. The second-order valence-corrected chi connectivity index (χ2v) is 7.23. The van der Waals surface area contributed by atoms with Gasteiger partial charge in [0.1, 0.15) is 5.60 Å². The molecule has 1 aliphatic carbocycles. The highest BCUT2D eigenvalue weighted by Crippen LogP contribution is 2.34. The molecule has 1 atom stereocenters. The number of carbonyl (C=O) groups is 1. The zero-order valence-electron chi connectivity index (χ0n) is 14.8. The molecule has 0 bridgehead atoms. The van der Waals surface area contributed by atoms with Crippen LogP contribution in [0.5, 0.6) is 0 Å². The van der Waals surface area contributed by atoms with E-state index in [-0.39, 0.29) is 18.6 Å². The van der Waals surface area contributed by atoms with Crippen molar-refractivity contribution >= 4 is 6.03 Å². The van der Waals surface area contributed by atoms with Crippen LogP contribution in [-0.4, -0.2) is 48.3 Å². The van der Waals surface area contributed by atoms with Crippen LogP contribution in [0.3, 0.4) is 0 Å². The molecule has 1 saturated heterocycles. The Kier molecular flexibility index (Phi) is 5.76. The molecule has 1 unspecified atom stereocenters. The lowest BCUT2D eigenvalue weighted by Gasteiger charge is -2.35. The summed E-state index contributed by atoms with van der Waals surface area (Å²) in [6.07, 6.45) is 6.45. The quantitative estimate of drug-likeness (QED) is 0.718. The number of nitrogens with zero attached hydrogens (tertiary/aromatic N) is 1. The summed E-state index contributed by atoms with van der Waals surface area (Å²) in [4.78, 5) is 14.6. The summed E-state index contributed by atoms with van der Waals surface area (Å²) in [5.74, 6) is 0. The summed E-state index contributed by atoms with van der Waals surface area (Å²) in [6.45, 7) is 6.89. The maximum Gasteiger partial charge on any atom is 0.315 e. The fourth-order valence-electron chi connectivity index (χ4n) is 3.99. The van der Waals surface area contributed by atoms with Gasteiger partial charge in [-0.25, -0.2) is 4.79 Å². The summed E-state index contributed by atoms with van der Waals surface area (Å²) in [5.41, 5.74) is 1.19. The van der Waals surface area contributed by atoms with E-state index in [4.69, 9.17) is 0 Å². The maximum atomic E-state index is 12.3. The van der Waals surface area contributed by atoms with Gasteiger partial charge in [-0.2, -0.15) is 0 Å². The van der Waals surface area contributed by atoms with Crippen LogP contribution in [0.2, 0.25) is 0 Å². The van der Waals surface area contributed by atoms with Gasteiger partial charge in [0.15, 0.2) is 0 Å². The van der Waals surface area contributed by atoms with E-state index in [1.165, 1.54) is 5.56 Å². The van der Waals surface area contributed by atoms with E-state index in [0.29, 0.717) is 6.42 Å². The number of fused-ring (bicyclic) bond motifs is 1. The van der Waals surface area contributed by atoms with Gasteiger partial charge in [0.05, 0.1) is 6.54 Å². The SMILES string of the molecule is C=CCN1CCC(NC(=O)NCC2(O)CCCc3ccccc32)CC1. The minimum Gasteiger partial charge on any atom is -0.383 e. The van der Waals surface area contributed by atoms with E-state index in [1.54, 1.807) is 0 Å². The zero-order chi connectivity index (χ0) is 17.7. The molecule has 1 aromatic carbocycles. The van der Waals surface area contributed by atoms with Crippen LogP contribution in [0.25, 0.3) is 0 Å².